The summed E-state index contributed by atoms with van der Waals surface area (Å²) in [4.78, 5) is 15.9. The molecule has 1 aliphatic carbocycles. The number of nitrogens with one attached hydrogen (secondary N) is 1. The fraction of sp³-hybridized carbons (Fsp3) is 0.538. The third kappa shape index (κ3) is 4.16. The lowest BCUT2D eigenvalue weighted by Crippen LogP contribution is -2.42. The fourth-order valence-corrected chi connectivity index (χ4v) is 2.61. The molecule has 0 saturated heterocycles. The van der Waals surface area contributed by atoms with Crippen molar-refractivity contribution in [3.05, 3.63) is 27.5 Å². The van der Waals surface area contributed by atoms with Crippen LogP contribution in [-0.2, 0) is 11.2 Å². The molecule has 104 valence electrons. The van der Waals surface area contributed by atoms with Crippen LogP contribution in [0.3, 0.4) is 0 Å². The van der Waals surface area contributed by atoms with Crippen LogP contribution < -0.4 is 5.32 Å². The van der Waals surface area contributed by atoms with E-state index in [1.54, 1.807) is 19.2 Å². The van der Waals surface area contributed by atoms with Crippen molar-refractivity contribution in [2.45, 2.75) is 31.8 Å². The molecule has 1 saturated carbocycles. The van der Waals surface area contributed by atoms with Crippen molar-refractivity contribution in [2.24, 2.45) is 5.92 Å². The predicted molar refractivity (Wildman–Crippen MR) is 77.0 cm³/mol. The van der Waals surface area contributed by atoms with Crippen molar-refractivity contribution in [3.63, 3.8) is 0 Å². The molecule has 0 aliphatic heterocycles. The number of aromatic nitrogens is 1. The Bertz CT molecular complexity index is 490. The Kier molecular flexibility index (Phi) is 4.48. The van der Waals surface area contributed by atoms with E-state index in [9.17, 15) is 9.90 Å². The fourth-order valence-electron chi connectivity index (χ4n) is 1.91. The summed E-state index contributed by atoms with van der Waals surface area (Å²) >= 11 is 9.26. The van der Waals surface area contributed by atoms with Crippen molar-refractivity contribution in [3.8, 4) is 0 Å². The zero-order valence-corrected chi connectivity index (χ0v) is 13.0. The Morgan fingerprint density at radius 3 is 2.95 bits per heavy atom. The largest absolute Gasteiger partial charge is 0.388 e. The number of carbonyl (C=O) groups excluding carboxylic acids is 1. The standard InChI is InChI=1S/C13H16BrClN2O2/c1-13(19,8-2-3-8)7-17-12(18)5-11-10(15)4-9(14)6-16-11/h4,6,8,19H,2-3,5,7H2,1H3,(H,17,18)/t13-/m1/s1. The molecular formula is C13H16BrClN2O2. The smallest absolute Gasteiger partial charge is 0.226 e. The van der Waals surface area contributed by atoms with Crippen molar-refractivity contribution in [1.82, 2.24) is 10.3 Å². The molecule has 0 unspecified atom stereocenters. The zero-order valence-electron chi connectivity index (χ0n) is 10.6. The quantitative estimate of drug-likeness (QED) is 0.859. The lowest BCUT2D eigenvalue weighted by atomic mass is 10.0. The Morgan fingerprint density at radius 2 is 2.37 bits per heavy atom. The molecule has 1 heterocycles. The third-order valence-corrected chi connectivity index (χ3v) is 4.07. The van der Waals surface area contributed by atoms with Crippen LogP contribution in [0.15, 0.2) is 16.7 Å². The summed E-state index contributed by atoms with van der Waals surface area (Å²) in [5, 5.41) is 13.3. The van der Waals surface area contributed by atoms with E-state index in [-0.39, 0.29) is 18.9 Å². The van der Waals surface area contributed by atoms with E-state index in [1.165, 1.54) is 0 Å². The summed E-state index contributed by atoms with van der Waals surface area (Å²) < 4.78 is 0.776. The van der Waals surface area contributed by atoms with E-state index in [0.717, 1.165) is 17.3 Å². The van der Waals surface area contributed by atoms with Gasteiger partial charge in [-0.15, -0.1) is 0 Å². The molecule has 6 heteroatoms. The first-order valence-corrected chi connectivity index (χ1v) is 7.34. The topological polar surface area (TPSA) is 62.2 Å². The van der Waals surface area contributed by atoms with Crippen molar-refractivity contribution < 1.29 is 9.90 Å². The molecule has 0 bridgehead atoms. The van der Waals surface area contributed by atoms with Crippen LogP contribution in [0.5, 0.6) is 0 Å². The van der Waals surface area contributed by atoms with Gasteiger partial charge in [-0.25, -0.2) is 0 Å². The summed E-state index contributed by atoms with van der Waals surface area (Å²) in [6.07, 6.45) is 3.79. The van der Waals surface area contributed by atoms with E-state index < -0.39 is 5.60 Å². The molecule has 1 aromatic heterocycles. The second kappa shape index (κ2) is 5.77. The highest BCUT2D eigenvalue weighted by Crippen LogP contribution is 2.38. The molecule has 2 rings (SSSR count). The number of rotatable bonds is 5. The highest BCUT2D eigenvalue weighted by molar-refractivity contribution is 9.10. The van der Waals surface area contributed by atoms with E-state index in [2.05, 4.69) is 26.2 Å². The number of nitrogens with zero attached hydrogens (tertiary/aromatic N) is 1. The second-order valence-electron chi connectivity index (χ2n) is 5.17. The van der Waals surface area contributed by atoms with Gasteiger partial charge in [0.1, 0.15) is 0 Å². The van der Waals surface area contributed by atoms with Gasteiger partial charge in [0, 0.05) is 17.2 Å². The minimum Gasteiger partial charge on any atom is -0.388 e. The maximum atomic E-state index is 11.8. The van der Waals surface area contributed by atoms with Gasteiger partial charge in [-0.05, 0) is 47.7 Å². The summed E-state index contributed by atoms with van der Waals surface area (Å²) in [5.74, 6) is 0.125. The van der Waals surface area contributed by atoms with E-state index in [0.29, 0.717) is 16.6 Å². The summed E-state index contributed by atoms with van der Waals surface area (Å²) in [5.41, 5.74) is -0.277. The maximum Gasteiger partial charge on any atom is 0.226 e. The van der Waals surface area contributed by atoms with E-state index in [1.807, 2.05) is 0 Å². The number of amides is 1. The molecule has 1 aromatic rings. The first kappa shape index (κ1) is 14.8. The van der Waals surface area contributed by atoms with Gasteiger partial charge in [-0.2, -0.15) is 0 Å². The number of hydrogen-bond donors (Lipinski definition) is 2. The van der Waals surface area contributed by atoms with Gasteiger partial charge in [-0.1, -0.05) is 11.6 Å². The SMILES string of the molecule is C[C@@](O)(CNC(=O)Cc1ncc(Br)cc1Cl)C1CC1. The van der Waals surface area contributed by atoms with E-state index >= 15 is 0 Å². The number of aliphatic hydroxyl groups is 1. The lowest BCUT2D eigenvalue weighted by Gasteiger charge is -2.23. The Balaban J connectivity index is 1.87. The van der Waals surface area contributed by atoms with Crippen LogP contribution in [0.1, 0.15) is 25.5 Å². The number of halogens is 2. The Hall–Kier alpha value is -0.650. The van der Waals surface area contributed by atoms with Crippen molar-refractivity contribution >= 4 is 33.4 Å². The van der Waals surface area contributed by atoms with Crippen LogP contribution in [0.25, 0.3) is 0 Å². The molecule has 19 heavy (non-hydrogen) atoms. The van der Waals surface area contributed by atoms with Gasteiger partial charge in [0.25, 0.3) is 0 Å². The minimum absolute atomic E-state index is 0.118. The van der Waals surface area contributed by atoms with Crippen molar-refractivity contribution in [1.29, 1.82) is 0 Å². The average molecular weight is 348 g/mol. The molecule has 0 spiro atoms. The summed E-state index contributed by atoms with van der Waals surface area (Å²) in [6, 6.07) is 1.71. The van der Waals surface area contributed by atoms with Crippen LogP contribution in [0, 0.1) is 5.92 Å². The molecule has 1 fully saturated rings. The van der Waals surface area contributed by atoms with Gasteiger partial charge < -0.3 is 10.4 Å². The molecule has 1 aliphatic rings. The molecule has 0 aromatic carbocycles. The van der Waals surface area contributed by atoms with Crippen molar-refractivity contribution in [2.75, 3.05) is 6.54 Å². The number of pyridine rings is 1. The Labute approximate surface area is 125 Å². The minimum atomic E-state index is -0.813. The highest BCUT2D eigenvalue weighted by atomic mass is 79.9. The first-order valence-electron chi connectivity index (χ1n) is 6.17. The van der Waals surface area contributed by atoms with Gasteiger partial charge in [-0.3, -0.25) is 9.78 Å². The molecule has 2 N–H and O–H groups in total. The molecular weight excluding hydrogens is 332 g/mol. The number of carbonyl (C=O) groups is 1. The van der Waals surface area contributed by atoms with Crippen LogP contribution in [-0.4, -0.2) is 28.1 Å². The lowest BCUT2D eigenvalue weighted by molar-refractivity contribution is -0.121. The molecule has 1 amide bonds. The first-order chi connectivity index (χ1) is 8.88. The van der Waals surface area contributed by atoms with Crippen LogP contribution in [0.2, 0.25) is 5.02 Å². The second-order valence-corrected chi connectivity index (χ2v) is 6.49. The summed E-state index contributed by atoms with van der Waals surface area (Å²) in [6.45, 7) is 2.03. The van der Waals surface area contributed by atoms with Gasteiger partial charge >= 0.3 is 0 Å². The Morgan fingerprint density at radius 1 is 1.68 bits per heavy atom. The molecule has 4 nitrogen and oxygen atoms in total. The monoisotopic (exact) mass is 346 g/mol. The average Bonchev–Trinajstić information content (AvgIpc) is 3.15. The molecule has 0 radical (unpaired) electrons. The third-order valence-electron chi connectivity index (χ3n) is 3.31. The maximum absolute atomic E-state index is 11.8. The van der Waals surface area contributed by atoms with Gasteiger partial charge in [0.05, 0.1) is 22.7 Å². The highest BCUT2D eigenvalue weighted by Gasteiger charge is 2.39. The van der Waals surface area contributed by atoms with Crippen LogP contribution in [0.4, 0.5) is 0 Å². The number of hydrogen-bond acceptors (Lipinski definition) is 3. The zero-order chi connectivity index (χ0) is 14.0. The predicted octanol–water partition coefficient (Wildman–Crippen LogP) is 2.32. The summed E-state index contributed by atoms with van der Waals surface area (Å²) in [7, 11) is 0. The molecule has 1 atom stereocenters. The van der Waals surface area contributed by atoms with Gasteiger partial charge in [0.2, 0.25) is 5.91 Å². The van der Waals surface area contributed by atoms with Crippen LogP contribution >= 0.6 is 27.5 Å². The normalized spacial score (nSPS) is 17.9. The van der Waals surface area contributed by atoms with E-state index in [4.69, 9.17) is 11.6 Å². The van der Waals surface area contributed by atoms with Gasteiger partial charge in [0.15, 0.2) is 0 Å².